The van der Waals surface area contributed by atoms with Crippen LogP contribution in [0.15, 0.2) is 30.3 Å². The van der Waals surface area contributed by atoms with Crippen molar-refractivity contribution in [3.63, 3.8) is 0 Å². The molecule has 2 saturated heterocycles. The first-order chi connectivity index (χ1) is 11.6. The molecule has 1 aromatic rings. The van der Waals surface area contributed by atoms with Crippen molar-refractivity contribution in [2.75, 3.05) is 39.4 Å². The minimum atomic E-state index is -0.517. The van der Waals surface area contributed by atoms with Gasteiger partial charge < -0.3 is 14.7 Å². The first-order valence-electron chi connectivity index (χ1n) is 8.90. The van der Waals surface area contributed by atoms with Crippen LogP contribution in [0.3, 0.4) is 0 Å². The van der Waals surface area contributed by atoms with Gasteiger partial charge in [0.1, 0.15) is 5.60 Å². The zero-order valence-corrected chi connectivity index (χ0v) is 14.5. The van der Waals surface area contributed by atoms with E-state index in [1.54, 1.807) is 6.92 Å². The molecular weight excluding hydrogens is 304 g/mol. The lowest BCUT2D eigenvalue weighted by atomic mass is 9.91. The van der Waals surface area contributed by atoms with Crippen LogP contribution < -0.4 is 0 Å². The van der Waals surface area contributed by atoms with E-state index in [0.717, 1.165) is 45.4 Å². The first kappa shape index (κ1) is 17.4. The maximum absolute atomic E-state index is 11.5. The van der Waals surface area contributed by atoms with Crippen LogP contribution in [0, 0.1) is 0 Å². The molecule has 0 bridgehead atoms. The average molecular weight is 332 g/mol. The Morgan fingerprint density at radius 1 is 1.25 bits per heavy atom. The second-order valence-electron chi connectivity index (χ2n) is 7.06. The summed E-state index contributed by atoms with van der Waals surface area (Å²) >= 11 is 0. The van der Waals surface area contributed by atoms with E-state index in [4.69, 9.17) is 4.74 Å². The third-order valence-corrected chi connectivity index (χ3v) is 5.36. The molecule has 3 rings (SSSR count). The van der Waals surface area contributed by atoms with Crippen LogP contribution in [-0.4, -0.2) is 71.8 Å². The van der Waals surface area contributed by atoms with Crippen LogP contribution in [0.25, 0.3) is 0 Å². The Kier molecular flexibility index (Phi) is 5.54. The van der Waals surface area contributed by atoms with Crippen molar-refractivity contribution in [1.29, 1.82) is 0 Å². The van der Waals surface area contributed by atoms with E-state index < -0.39 is 5.60 Å². The second kappa shape index (κ2) is 7.64. The van der Waals surface area contributed by atoms with Crippen molar-refractivity contribution in [2.45, 2.75) is 37.8 Å². The topological polar surface area (TPSA) is 53.0 Å². The molecule has 5 heteroatoms. The van der Waals surface area contributed by atoms with E-state index in [0.29, 0.717) is 12.6 Å². The first-order valence-corrected chi connectivity index (χ1v) is 8.90. The lowest BCUT2D eigenvalue weighted by Crippen LogP contribution is -2.59. The van der Waals surface area contributed by atoms with Gasteiger partial charge in [0, 0.05) is 45.6 Å². The Bertz CT molecular complexity index is 543. The molecule has 0 radical (unpaired) electrons. The summed E-state index contributed by atoms with van der Waals surface area (Å²) in [5.41, 5.74) is 0.678. The van der Waals surface area contributed by atoms with E-state index in [-0.39, 0.29) is 12.5 Å². The highest BCUT2D eigenvalue weighted by Gasteiger charge is 2.39. The van der Waals surface area contributed by atoms with E-state index in [1.165, 1.54) is 5.56 Å². The number of aliphatic hydroxyl groups is 1. The number of carbonyl (C=O) groups excluding carboxylic acids is 1. The van der Waals surface area contributed by atoms with Gasteiger partial charge in [0.2, 0.25) is 5.91 Å². The molecule has 0 unspecified atom stereocenters. The fourth-order valence-electron chi connectivity index (χ4n) is 3.96. The molecule has 0 spiro atoms. The van der Waals surface area contributed by atoms with Gasteiger partial charge in [0.15, 0.2) is 0 Å². The molecule has 132 valence electrons. The predicted molar refractivity (Wildman–Crippen MR) is 92.8 cm³/mol. The van der Waals surface area contributed by atoms with Crippen molar-refractivity contribution in [3.8, 4) is 0 Å². The third kappa shape index (κ3) is 3.97. The lowest BCUT2D eigenvalue weighted by Gasteiger charge is -2.47. The summed E-state index contributed by atoms with van der Waals surface area (Å²) in [5, 5.41) is 10.0. The molecule has 2 heterocycles. The molecule has 1 atom stereocenters. The van der Waals surface area contributed by atoms with Crippen LogP contribution in [0.5, 0.6) is 0 Å². The summed E-state index contributed by atoms with van der Waals surface area (Å²) in [5.74, 6) is 0.171. The van der Waals surface area contributed by atoms with Gasteiger partial charge in [-0.05, 0) is 18.4 Å². The smallest absolute Gasteiger partial charge is 0.219 e. The Morgan fingerprint density at radius 3 is 2.58 bits per heavy atom. The van der Waals surface area contributed by atoms with Crippen LogP contribution in [0.4, 0.5) is 0 Å². The fraction of sp³-hybridized carbons (Fsp3) is 0.632. The van der Waals surface area contributed by atoms with E-state index in [9.17, 15) is 9.90 Å². The number of amides is 1. The van der Waals surface area contributed by atoms with Gasteiger partial charge in [-0.1, -0.05) is 30.3 Å². The number of ether oxygens (including phenoxy) is 1. The maximum Gasteiger partial charge on any atom is 0.219 e. The fourth-order valence-corrected chi connectivity index (χ4v) is 3.96. The second-order valence-corrected chi connectivity index (χ2v) is 7.06. The monoisotopic (exact) mass is 332 g/mol. The molecule has 24 heavy (non-hydrogen) atoms. The third-order valence-electron chi connectivity index (χ3n) is 5.36. The molecule has 2 fully saturated rings. The molecule has 1 aromatic carbocycles. The quantitative estimate of drug-likeness (QED) is 0.903. The van der Waals surface area contributed by atoms with Gasteiger partial charge in [-0.3, -0.25) is 9.69 Å². The number of likely N-dealkylation sites (tertiary alicyclic amines) is 1. The molecule has 2 aliphatic heterocycles. The van der Waals surface area contributed by atoms with Crippen molar-refractivity contribution in [2.24, 2.45) is 0 Å². The number of carbonyl (C=O) groups is 1. The van der Waals surface area contributed by atoms with Gasteiger partial charge in [-0.2, -0.15) is 0 Å². The Balaban J connectivity index is 1.63. The molecule has 2 aliphatic rings. The average Bonchev–Trinajstić information content (AvgIpc) is 2.63. The Labute approximate surface area is 144 Å². The highest BCUT2D eigenvalue weighted by molar-refractivity contribution is 5.73. The molecule has 5 nitrogen and oxygen atoms in total. The van der Waals surface area contributed by atoms with E-state index in [1.807, 2.05) is 23.1 Å². The summed E-state index contributed by atoms with van der Waals surface area (Å²) in [7, 11) is 0. The summed E-state index contributed by atoms with van der Waals surface area (Å²) in [6.07, 6.45) is 2.74. The van der Waals surface area contributed by atoms with Crippen molar-refractivity contribution < 1.29 is 14.6 Å². The number of hydrogen-bond acceptors (Lipinski definition) is 4. The van der Waals surface area contributed by atoms with Gasteiger partial charge in [-0.15, -0.1) is 0 Å². The number of benzene rings is 1. The molecule has 1 N–H and O–H groups in total. The summed E-state index contributed by atoms with van der Waals surface area (Å²) in [6.45, 7) is 5.66. The SMILES string of the molecule is CC(=O)N1CCC(N2CCO[C@@](CO)(Cc3ccccc3)C2)CC1. The van der Waals surface area contributed by atoms with E-state index in [2.05, 4.69) is 17.0 Å². The van der Waals surface area contributed by atoms with Crippen molar-refractivity contribution >= 4 is 5.91 Å². The number of piperidine rings is 1. The number of aliphatic hydroxyl groups excluding tert-OH is 1. The summed E-state index contributed by atoms with van der Waals surface area (Å²) in [4.78, 5) is 15.9. The van der Waals surface area contributed by atoms with Crippen LogP contribution in [0.2, 0.25) is 0 Å². The number of morpholine rings is 1. The molecule has 0 saturated carbocycles. The standard InChI is InChI=1S/C19H28N2O3/c1-16(23)20-9-7-18(8-10-20)21-11-12-24-19(14-21,15-22)13-17-5-3-2-4-6-17/h2-6,18,22H,7-15H2,1H3/t19-/m0/s1. The number of rotatable bonds is 4. The molecule has 0 aromatic heterocycles. The summed E-state index contributed by atoms with van der Waals surface area (Å²) in [6, 6.07) is 10.7. The normalized spacial score (nSPS) is 26.5. The Morgan fingerprint density at radius 2 is 1.96 bits per heavy atom. The van der Waals surface area contributed by atoms with Gasteiger partial charge >= 0.3 is 0 Å². The van der Waals surface area contributed by atoms with E-state index >= 15 is 0 Å². The minimum Gasteiger partial charge on any atom is -0.393 e. The van der Waals surface area contributed by atoms with Gasteiger partial charge in [0.05, 0.1) is 13.2 Å². The lowest BCUT2D eigenvalue weighted by molar-refractivity contribution is -0.146. The molecule has 1 amide bonds. The highest BCUT2D eigenvalue weighted by atomic mass is 16.5. The van der Waals surface area contributed by atoms with Crippen LogP contribution in [0.1, 0.15) is 25.3 Å². The van der Waals surface area contributed by atoms with Crippen molar-refractivity contribution in [3.05, 3.63) is 35.9 Å². The minimum absolute atomic E-state index is 0.0324. The highest BCUT2D eigenvalue weighted by Crippen LogP contribution is 2.27. The molecule has 0 aliphatic carbocycles. The predicted octanol–water partition coefficient (Wildman–Crippen LogP) is 1.30. The zero-order valence-electron chi connectivity index (χ0n) is 14.5. The number of nitrogens with zero attached hydrogens (tertiary/aromatic N) is 2. The number of hydrogen-bond donors (Lipinski definition) is 1. The van der Waals surface area contributed by atoms with Crippen LogP contribution >= 0.6 is 0 Å². The molecular formula is C19H28N2O3. The Hall–Kier alpha value is -1.43. The van der Waals surface area contributed by atoms with Gasteiger partial charge in [-0.25, -0.2) is 0 Å². The van der Waals surface area contributed by atoms with Crippen molar-refractivity contribution in [1.82, 2.24) is 9.80 Å². The van der Waals surface area contributed by atoms with Crippen LogP contribution in [-0.2, 0) is 16.0 Å². The maximum atomic E-state index is 11.5. The van der Waals surface area contributed by atoms with Gasteiger partial charge in [0.25, 0.3) is 0 Å². The zero-order chi connectivity index (χ0) is 17.0. The largest absolute Gasteiger partial charge is 0.393 e. The summed E-state index contributed by atoms with van der Waals surface area (Å²) < 4.78 is 6.04.